The fourth-order valence-corrected chi connectivity index (χ4v) is 5.63. The van der Waals surface area contributed by atoms with Crippen molar-refractivity contribution in [1.29, 1.82) is 0 Å². The molecular formula is C26H24F4N4O5. The fourth-order valence-electron chi connectivity index (χ4n) is 5.63. The van der Waals surface area contributed by atoms with Crippen LogP contribution in [0.2, 0.25) is 0 Å². The van der Waals surface area contributed by atoms with Crippen molar-refractivity contribution >= 4 is 29.6 Å². The van der Waals surface area contributed by atoms with Gasteiger partial charge in [-0.2, -0.15) is 13.2 Å². The molecule has 9 nitrogen and oxygen atoms in total. The lowest BCUT2D eigenvalue weighted by Gasteiger charge is -2.32. The zero-order chi connectivity index (χ0) is 28.1. The number of halogens is 4. The number of rotatable bonds is 4. The first-order valence-corrected chi connectivity index (χ1v) is 12.2. The smallest absolute Gasteiger partial charge is 0.418 e. The molecule has 2 aromatic rings. The van der Waals surface area contributed by atoms with Crippen molar-refractivity contribution in [3.8, 4) is 0 Å². The van der Waals surface area contributed by atoms with Crippen LogP contribution in [0.25, 0.3) is 0 Å². The Labute approximate surface area is 220 Å². The van der Waals surface area contributed by atoms with Crippen LogP contribution in [0.5, 0.6) is 0 Å². The Balaban J connectivity index is 1.39. The molecule has 206 valence electrons. The predicted molar refractivity (Wildman–Crippen MR) is 128 cm³/mol. The Kier molecular flexibility index (Phi) is 6.47. The molecule has 2 aromatic carbocycles. The Morgan fingerprint density at radius 3 is 2.49 bits per heavy atom. The standard InChI is InChI=1S/C26H24F4N4O5/c1-31-23(37)32-17-6-7-18-15(12-17)10-11-25(18)22(36)33(24(38)39-25)13-21(35)34-19(8-9-20(34)26(28,29)30)14-2-4-16(27)5-3-14/h2-7,12,19-20H,8-11,13H2,1H3,(H2,31,32,37)/t19-,20-,25?/m0/s1. The lowest BCUT2D eigenvalue weighted by atomic mass is 9.94. The molecule has 3 atom stereocenters. The summed E-state index contributed by atoms with van der Waals surface area (Å²) in [5, 5.41) is 5.02. The third-order valence-corrected chi connectivity index (χ3v) is 7.44. The Morgan fingerprint density at radius 1 is 1.10 bits per heavy atom. The van der Waals surface area contributed by atoms with Gasteiger partial charge in [-0.3, -0.25) is 9.59 Å². The van der Waals surface area contributed by atoms with E-state index in [1.807, 2.05) is 0 Å². The van der Waals surface area contributed by atoms with Crippen LogP contribution >= 0.6 is 0 Å². The van der Waals surface area contributed by atoms with E-state index in [0.717, 1.165) is 12.1 Å². The quantitative estimate of drug-likeness (QED) is 0.562. The molecule has 2 N–H and O–H groups in total. The van der Waals surface area contributed by atoms with Gasteiger partial charge in [0.05, 0.1) is 6.04 Å². The van der Waals surface area contributed by atoms with Crippen molar-refractivity contribution in [3.05, 3.63) is 65.0 Å². The van der Waals surface area contributed by atoms with Crippen molar-refractivity contribution in [2.75, 3.05) is 18.9 Å². The lowest BCUT2D eigenvalue weighted by molar-refractivity contribution is -0.186. The van der Waals surface area contributed by atoms with E-state index >= 15 is 0 Å². The molecule has 0 aromatic heterocycles. The third-order valence-electron chi connectivity index (χ3n) is 7.44. The zero-order valence-corrected chi connectivity index (χ0v) is 20.7. The highest BCUT2D eigenvalue weighted by Gasteiger charge is 2.59. The molecule has 13 heteroatoms. The number of aryl methyl sites for hydroxylation is 1. The SMILES string of the molecule is CNC(=O)Nc1ccc2c(c1)CCC21OC(=O)N(CC(=O)N2[C@H](C(F)(F)F)CC[C@H]2c2ccc(F)cc2)C1=O. The second-order valence-corrected chi connectivity index (χ2v) is 9.67. The van der Waals surface area contributed by atoms with Crippen LogP contribution in [0.3, 0.4) is 0 Å². The van der Waals surface area contributed by atoms with E-state index in [9.17, 15) is 36.7 Å². The normalized spacial score (nSPS) is 24.2. The summed E-state index contributed by atoms with van der Waals surface area (Å²) < 4.78 is 60.5. The molecule has 1 unspecified atom stereocenters. The molecule has 2 saturated heterocycles. The van der Waals surface area contributed by atoms with Gasteiger partial charge in [0.2, 0.25) is 11.5 Å². The van der Waals surface area contributed by atoms with Crippen LogP contribution in [0.1, 0.15) is 42.0 Å². The predicted octanol–water partition coefficient (Wildman–Crippen LogP) is 3.99. The van der Waals surface area contributed by atoms with Crippen LogP contribution in [0.15, 0.2) is 42.5 Å². The molecule has 0 bridgehead atoms. The number of hydrogen-bond acceptors (Lipinski definition) is 5. The van der Waals surface area contributed by atoms with E-state index in [4.69, 9.17) is 4.74 Å². The number of nitrogens with zero attached hydrogens (tertiary/aromatic N) is 2. The summed E-state index contributed by atoms with van der Waals surface area (Å²) in [4.78, 5) is 52.4. The minimum Gasteiger partial charge on any atom is -0.427 e. The number of imide groups is 1. The first-order valence-electron chi connectivity index (χ1n) is 12.2. The van der Waals surface area contributed by atoms with E-state index in [2.05, 4.69) is 10.6 Å². The molecule has 39 heavy (non-hydrogen) atoms. The van der Waals surface area contributed by atoms with Gasteiger partial charge in [0, 0.05) is 24.7 Å². The number of carbonyl (C=O) groups excluding carboxylic acids is 4. The van der Waals surface area contributed by atoms with Crippen LogP contribution in [0, 0.1) is 5.82 Å². The van der Waals surface area contributed by atoms with Crippen molar-refractivity contribution in [2.24, 2.45) is 0 Å². The van der Waals surface area contributed by atoms with Crippen LogP contribution in [-0.2, 0) is 26.3 Å². The second kappa shape index (κ2) is 9.54. The number of hydrogen-bond donors (Lipinski definition) is 2. The first kappa shape index (κ1) is 26.4. The Hall–Kier alpha value is -4.16. The number of anilines is 1. The van der Waals surface area contributed by atoms with Crippen LogP contribution in [-0.4, -0.2) is 59.5 Å². The maximum absolute atomic E-state index is 13.9. The first-order chi connectivity index (χ1) is 18.4. The second-order valence-electron chi connectivity index (χ2n) is 9.67. The van der Waals surface area contributed by atoms with Gasteiger partial charge in [-0.05, 0) is 54.7 Å². The van der Waals surface area contributed by atoms with Gasteiger partial charge in [-0.25, -0.2) is 18.9 Å². The zero-order valence-electron chi connectivity index (χ0n) is 20.7. The van der Waals surface area contributed by atoms with Crippen molar-refractivity contribution in [1.82, 2.24) is 15.1 Å². The number of benzene rings is 2. The van der Waals surface area contributed by atoms with Gasteiger partial charge >= 0.3 is 18.3 Å². The average molecular weight is 548 g/mol. The maximum Gasteiger partial charge on any atom is 0.418 e. The molecular weight excluding hydrogens is 524 g/mol. The summed E-state index contributed by atoms with van der Waals surface area (Å²) in [5.74, 6) is -2.49. The number of urea groups is 1. The van der Waals surface area contributed by atoms with Gasteiger partial charge in [-0.15, -0.1) is 0 Å². The molecule has 0 radical (unpaired) electrons. The Morgan fingerprint density at radius 2 is 1.82 bits per heavy atom. The largest absolute Gasteiger partial charge is 0.427 e. The van der Waals surface area contributed by atoms with Gasteiger partial charge in [-0.1, -0.05) is 18.2 Å². The highest BCUT2D eigenvalue weighted by Crippen LogP contribution is 2.47. The molecule has 1 spiro atoms. The molecule has 5 amide bonds. The highest BCUT2D eigenvalue weighted by molar-refractivity contribution is 6.06. The average Bonchev–Trinajstić information content (AvgIpc) is 3.56. The van der Waals surface area contributed by atoms with E-state index in [0.29, 0.717) is 38.6 Å². The van der Waals surface area contributed by atoms with Gasteiger partial charge in [0.15, 0.2) is 0 Å². The molecule has 0 saturated carbocycles. The summed E-state index contributed by atoms with van der Waals surface area (Å²) in [6.45, 7) is -0.935. The number of amides is 5. The lowest BCUT2D eigenvalue weighted by Crippen LogP contribution is -2.50. The van der Waals surface area contributed by atoms with Crippen LogP contribution in [0.4, 0.5) is 32.8 Å². The number of fused-ring (bicyclic) bond motifs is 2. The summed E-state index contributed by atoms with van der Waals surface area (Å²) in [6.07, 6.45) is -5.87. The summed E-state index contributed by atoms with van der Waals surface area (Å²) in [7, 11) is 1.45. The molecule has 2 heterocycles. The number of alkyl halides is 3. The number of ether oxygens (including phenoxy) is 1. The van der Waals surface area contributed by atoms with Crippen molar-refractivity contribution < 1.29 is 41.5 Å². The highest BCUT2D eigenvalue weighted by atomic mass is 19.4. The minimum absolute atomic E-state index is 0.0241. The van der Waals surface area contributed by atoms with E-state index in [1.165, 1.54) is 31.3 Å². The molecule has 2 aliphatic heterocycles. The molecule has 1 aliphatic carbocycles. The van der Waals surface area contributed by atoms with E-state index in [1.54, 1.807) is 6.07 Å². The monoisotopic (exact) mass is 548 g/mol. The van der Waals surface area contributed by atoms with E-state index < -0.39 is 60.2 Å². The Bertz CT molecular complexity index is 1350. The van der Waals surface area contributed by atoms with Gasteiger partial charge < -0.3 is 20.3 Å². The molecule has 2 fully saturated rings. The van der Waals surface area contributed by atoms with E-state index in [-0.39, 0.29) is 19.3 Å². The molecule has 3 aliphatic rings. The minimum atomic E-state index is -4.74. The number of carbonyl (C=O) groups is 4. The summed E-state index contributed by atoms with van der Waals surface area (Å²) in [6, 6.07) is 5.93. The number of nitrogens with one attached hydrogen (secondary N) is 2. The summed E-state index contributed by atoms with van der Waals surface area (Å²) >= 11 is 0. The summed E-state index contributed by atoms with van der Waals surface area (Å²) in [5.41, 5.74) is 0.0912. The van der Waals surface area contributed by atoms with Crippen molar-refractivity contribution in [3.63, 3.8) is 0 Å². The van der Waals surface area contributed by atoms with Crippen molar-refractivity contribution in [2.45, 2.75) is 49.5 Å². The topological polar surface area (TPSA) is 108 Å². The molecule has 5 rings (SSSR count). The third kappa shape index (κ3) is 4.55. The van der Waals surface area contributed by atoms with Gasteiger partial charge in [0.25, 0.3) is 5.91 Å². The van der Waals surface area contributed by atoms with Gasteiger partial charge in [0.1, 0.15) is 18.4 Å². The van der Waals surface area contributed by atoms with Crippen LogP contribution < -0.4 is 10.6 Å². The maximum atomic E-state index is 13.9. The fraction of sp³-hybridized carbons (Fsp3) is 0.385. The number of likely N-dealkylation sites (tertiary alicyclic amines) is 1.